The van der Waals surface area contributed by atoms with Crippen LogP contribution >= 0.6 is 0 Å². The maximum atomic E-state index is 12.5. The summed E-state index contributed by atoms with van der Waals surface area (Å²) in [5.41, 5.74) is 0.333. The quantitative estimate of drug-likeness (QED) is 0.476. The SMILES string of the molecule is COC(=O)c1cn2c3c(ccc([N+](=O)[O-])c3c1=O)CCC2. The van der Waals surface area contributed by atoms with Gasteiger partial charge in [0.25, 0.3) is 5.69 Å². The fourth-order valence-electron chi connectivity index (χ4n) is 2.81. The zero-order chi connectivity index (χ0) is 15.1. The number of hydrogen-bond donors (Lipinski definition) is 0. The molecular weight excluding hydrogens is 276 g/mol. The third kappa shape index (κ3) is 1.89. The number of carbonyl (C=O) groups is 1. The third-order valence-electron chi connectivity index (χ3n) is 3.73. The van der Waals surface area contributed by atoms with Gasteiger partial charge in [0.15, 0.2) is 0 Å². The molecule has 1 aromatic carbocycles. The highest BCUT2D eigenvalue weighted by Crippen LogP contribution is 2.30. The average Bonchev–Trinajstić information content (AvgIpc) is 2.49. The Kier molecular flexibility index (Phi) is 2.97. The minimum atomic E-state index is -0.782. The largest absolute Gasteiger partial charge is 0.465 e. The van der Waals surface area contributed by atoms with Gasteiger partial charge in [-0.05, 0) is 18.4 Å². The van der Waals surface area contributed by atoms with E-state index in [4.69, 9.17) is 0 Å². The lowest BCUT2D eigenvalue weighted by molar-refractivity contribution is -0.383. The van der Waals surface area contributed by atoms with Crippen LogP contribution in [0.25, 0.3) is 10.9 Å². The minimum Gasteiger partial charge on any atom is -0.465 e. The first-order valence-electron chi connectivity index (χ1n) is 6.46. The van der Waals surface area contributed by atoms with Crippen LogP contribution < -0.4 is 5.43 Å². The smallest absolute Gasteiger partial charge is 0.343 e. The van der Waals surface area contributed by atoms with Gasteiger partial charge in [-0.2, -0.15) is 0 Å². The molecule has 1 aliphatic heterocycles. The first kappa shape index (κ1) is 13.3. The van der Waals surface area contributed by atoms with Gasteiger partial charge in [0.1, 0.15) is 10.9 Å². The molecule has 0 atom stereocenters. The number of nitrogens with zero attached hydrogens (tertiary/aromatic N) is 2. The Bertz CT molecular complexity index is 837. The molecule has 0 amide bonds. The molecule has 108 valence electrons. The number of benzene rings is 1. The summed E-state index contributed by atoms with van der Waals surface area (Å²) < 4.78 is 6.32. The van der Waals surface area contributed by atoms with E-state index in [-0.39, 0.29) is 16.6 Å². The second kappa shape index (κ2) is 4.69. The van der Waals surface area contributed by atoms with Crippen molar-refractivity contribution in [1.82, 2.24) is 4.57 Å². The van der Waals surface area contributed by atoms with Gasteiger partial charge in [-0.25, -0.2) is 4.79 Å². The summed E-state index contributed by atoms with van der Waals surface area (Å²) in [6, 6.07) is 3.00. The summed E-state index contributed by atoms with van der Waals surface area (Å²) in [6.07, 6.45) is 3.04. The molecule has 0 bridgehead atoms. The normalized spacial score (nSPS) is 13.2. The number of non-ortho nitro benzene ring substituents is 1. The van der Waals surface area contributed by atoms with Crippen molar-refractivity contribution in [2.24, 2.45) is 0 Å². The summed E-state index contributed by atoms with van der Waals surface area (Å²) in [6.45, 7) is 0.606. The van der Waals surface area contributed by atoms with Crippen molar-refractivity contribution < 1.29 is 14.5 Å². The third-order valence-corrected chi connectivity index (χ3v) is 3.73. The van der Waals surface area contributed by atoms with E-state index in [1.807, 2.05) is 0 Å². The fourth-order valence-corrected chi connectivity index (χ4v) is 2.81. The van der Waals surface area contributed by atoms with Crippen LogP contribution in [0.3, 0.4) is 0 Å². The Morgan fingerprint density at radius 1 is 1.43 bits per heavy atom. The molecule has 1 aromatic heterocycles. The number of pyridine rings is 1. The van der Waals surface area contributed by atoms with Gasteiger partial charge in [-0.3, -0.25) is 14.9 Å². The number of rotatable bonds is 2. The number of carbonyl (C=O) groups excluding carboxylic acids is 1. The van der Waals surface area contributed by atoms with Gasteiger partial charge >= 0.3 is 5.97 Å². The molecule has 21 heavy (non-hydrogen) atoms. The van der Waals surface area contributed by atoms with Crippen LogP contribution in [-0.4, -0.2) is 22.6 Å². The Morgan fingerprint density at radius 2 is 2.19 bits per heavy atom. The fraction of sp³-hybridized carbons (Fsp3) is 0.286. The van der Waals surface area contributed by atoms with Crippen LogP contribution in [0.1, 0.15) is 22.3 Å². The maximum absolute atomic E-state index is 12.5. The number of nitro benzene ring substituents is 1. The highest BCUT2D eigenvalue weighted by molar-refractivity contribution is 5.98. The van der Waals surface area contributed by atoms with Crippen molar-refractivity contribution in [3.05, 3.63) is 49.8 Å². The maximum Gasteiger partial charge on any atom is 0.343 e. The van der Waals surface area contributed by atoms with E-state index >= 15 is 0 Å². The number of esters is 1. The zero-order valence-electron chi connectivity index (χ0n) is 11.3. The molecule has 0 radical (unpaired) electrons. The summed E-state index contributed by atoms with van der Waals surface area (Å²) >= 11 is 0. The van der Waals surface area contributed by atoms with E-state index in [0.717, 1.165) is 18.4 Å². The Labute approximate surface area is 118 Å². The van der Waals surface area contributed by atoms with Gasteiger partial charge in [0.2, 0.25) is 5.43 Å². The molecule has 0 unspecified atom stereocenters. The molecule has 7 heteroatoms. The minimum absolute atomic E-state index is 0.0138. The van der Waals surface area contributed by atoms with E-state index in [1.54, 1.807) is 10.6 Å². The molecule has 7 nitrogen and oxygen atoms in total. The van der Waals surface area contributed by atoms with Crippen molar-refractivity contribution in [2.75, 3.05) is 7.11 Å². The average molecular weight is 288 g/mol. The van der Waals surface area contributed by atoms with Crippen molar-refractivity contribution in [3.8, 4) is 0 Å². The molecule has 0 saturated carbocycles. The standard InChI is InChI=1S/C14H12N2O5/c1-21-14(18)9-7-15-6-2-3-8-4-5-10(16(19)20)11(12(8)15)13(9)17/h4-5,7H,2-3,6H2,1H3. The predicted molar refractivity (Wildman–Crippen MR) is 74.5 cm³/mol. The van der Waals surface area contributed by atoms with Crippen LogP contribution in [0.15, 0.2) is 23.1 Å². The number of nitro groups is 1. The van der Waals surface area contributed by atoms with Crippen LogP contribution in [-0.2, 0) is 17.7 Å². The first-order chi connectivity index (χ1) is 10.0. The van der Waals surface area contributed by atoms with Crippen LogP contribution in [0.2, 0.25) is 0 Å². The van der Waals surface area contributed by atoms with E-state index in [0.29, 0.717) is 12.1 Å². The highest BCUT2D eigenvalue weighted by atomic mass is 16.6. The summed E-state index contributed by atoms with van der Waals surface area (Å²) in [5, 5.41) is 11.2. The molecule has 3 rings (SSSR count). The number of ether oxygens (including phenoxy) is 1. The van der Waals surface area contributed by atoms with E-state index in [2.05, 4.69) is 4.74 Å². The van der Waals surface area contributed by atoms with E-state index in [1.165, 1.54) is 19.4 Å². The molecule has 0 saturated heterocycles. The second-order valence-corrected chi connectivity index (χ2v) is 4.88. The second-order valence-electron chi connectivity index (χ2n) is 4.88. The molecule has 2 aromatic rings. The zero-order valence-corrected chi connectivity index (χ0v) is 11.3. The molecule has 2 heterocycles. The predicted octanol–water partition coefficient (Wildman–Crippen LogP) is 1.64. The first-order valence-corrected chi connectivity index (χ1v) is 6.46. The number of methoxy groups -OCH3 is 1. The van der Waals surface area contributed by atoms with Crippen LogP contribution in [0.5, 0.6) is 0 Å². The topological polar surface area (TPSA) is 91.4 Å². The van der Waals surface area contributed by atoms with E-state index < -0.39 is 16.3 Å². The van der Waals surface area contributed by atoms with Crippen molar-refractivity contribution in [2.45, 2.75) is 19.4 Å². The molecule has 0 N–H and O–H groups in total. The number of aromatic nitrogens is 1. The number of hydrogen-bond acceptors (Lipinski definition) is 5. The monoisotopic (exact) mass is 288 g/mol. The van der Waals surface area contributed by atoms with Gasteiger partial charge in [0, 0.05) is 18.8 Å². The molecule has 0 spiro atoms. The van der Waals surface area contributed by atoms with Crippen LogP contribution in [0, 0.1) is 10.1 Å². The van der Waals surface area contributed by atoms with Crippen molar-refractivity contribution in [1.29, 1.82) is 0 Å². The molecule has 0 fully saturated rings. The summed E-state index contributed by atoms with van der Waals surface area (Å²) in [7, 11) is 1.17. The summed E-state index contributed by atoms with van der Waals surface area (Å²) in [4.78, 5) is 34.8. The van der Waals surface area contributed by atoms with E-state index in [9.17, 15) is 19.7 Å². The van der Waals surface area contributed by atoms with Gasteiger partial charge in [0.05, 0.1) is 17.5 Å². The highest BCUT2D eigenvalue weighted by Gasteiger charge is 2.26. The molecule has 1 aliphatic rings. The van der Waals surface area contributed by atoms with Crippen LogP contribution in [0.4, 0.5) is 5.69 Å². The lowest BCUT2D eigenvalue weighted by Crippen LogP contribution is -2.23. The van der Waals surface area contributed by atoms with Crippen molar-refractivity contribution >= 4 is 22.6 Å². The van der Waals surface area contributed by atoms with Gasteiger partial charge in [-0.1, -0.05) is 6.07 Å². The van der Waals surface area contributed by atoms with Crippen molar-refractivity contribution in [3.63, 3.8) is 0 Å². The molecule has 0 aliphatic carbocycles. The Hall–Kier alpha value is -2.70. The Balaban J connectivity index is 2.51. The molecular formula is C14H12N2O5. The lowest BCUT2D eigenvalue weighted by atomic mass is 9.98. The summed E-state index contributed by atoms with van der Waals surface area (Å²) in [5.74, 6) is -0.782. The lowest BCUT2D eigenvalue weighted by Gasteiger charge is -2.20. The number of aryl methyl sites for hydroxylation is 2. The van der Waals surface area contributed by atoms with Gasteiger partial charge < -0.3 is 9.30 Å². The van der Waals surface area contributed by atoms with Gasteiger partial charge in [-0.15, -0.1) is 0 Å². The Morgan fingerprint density at radius 3 is 2.86 bits per heavy atom.